The lowest BCUT2D eigenvalue weighted by Gasteiger charge is -2.41. The lowest BCUT2D eigenvalue weighted by molar-refractivity contribution is -0.305. The highest BCUT2D eigenvalue weighted by Crippen LogP contribution is 2.26. The first-order valence-corrected chi connectivity index (χ1v) is 29.5. The Labute approximate surface area is 450 Å². The highest BCUT2D eigenvalue weighted by molar-refractivity contribution is 5.80. The summed E-state index contributed by atoms with van der Waals surface area (Å²) in [5, 5.41) is 56.8. The lowest BCUT2D eigenvalue weighted by Crippen LogP contribution is -2.61. The van der Waals surface area contributed by atoms with E-state index in [4.69, 9.17) is 14.2 Å². The van der Waals surface area contributed by atoms with Crippen LogP contribution in [0.1, 0.15) is 226 Å². The van der Waals surface area contributed by atoms with Crippen molar-refractivity contribution in [2.45, 2.75) is 275 Å². The molecule has 8 atom stereocenters. The molecule has 0 bridgehead atoms. The van der Waals surface area contributed by atoms with Crippen LogP contribution in [0.15, 0.2) is 97.2 Å². The van der Waals surface area contributed by atoms with E-state index in [-0.39, 0.29) is 19.4 Å². The van der Waals surface area contributed by atoms with Gasteiger partial charge >= 0.3 is 5.97 Å². The first-order valence-electron chi connectivity index (χ1n) is 29.5. The van der Waals surface area contributed by atoms with Crippen molar-refractivity contribution in [3.63, 3.8) is 0 Å². The summed E-state index contributed by atoms with van der Waals surface area (Å²) in [5.41, 5.74) is 0. The summed E-state index contributed by atoms with van der Waals surface area (Å²) in [6.45, 7) is 5.59. The number of aliphatic hydroxyl groups excluding tert-OH is 5. The summed E-state index contributed by atoms with van der Waals surface area (Å²) in [7, 11) is 0. The van der Waals surface area contributed by atoms with E-state index in [1.165, 1.54) is 64.2 Å². The number of allylic oxidation sites excluding steroid dienone is 15. The smallest absolute Gasteiger partial charge is 0.306 e. The van der Waals surface area contributed by atoms with Crippen molar-refractivity contribution in [1.29, 1.82) is 0 Å². The Hall–Kier alpha value is -3.42. The molecule has 0 saturated carbocycles. The van der Waals surface area contributed by atoms with Crippen molar-refractivity contribution >= 4 is 11.9 Å². The molecule has 1 rings (SSSR count). The van der Waals surface area contributed by atoms with Crippen LogP contribution in [0.5, 0.6) is 0 Å². The van der Waals surface area contributed by atoms with Gasteiger partial charge in [-0.2, -0.15) is 0 Å². The van der Waals surface area contributed by atoms with Crippen molar-refractivity contribution in [3.05, 3.63) is 97.2 Å². The number of rotatable bonds is 48. The SMILES string of the molecule is CC/C=C/C/C=C/C/C=C/CCCCCCC(=O)OC1C(OCC(NC(=O)C(O)CCCCCC/C=C\C/C=C\C/C=C\C/C=C\CCCCC)C(O)/C=C/CCCCCCCCCCC)OC(CO)C(O)C1O. The molecule has 1 fully saturated rings. The van der Waals surface area contributed by atoms with Gasteiger partial charge < -0.3 is 45.1 Å². The molecule has 11 nitrogen and oxygen atoms in total. The van der Waals surface area contributed by atoms with Crippen molar-refractivity contribution in [1.82, 2.24) is 5.32 Å². The topological polar surface area (TPSA) is 175 Å². The molecule has 1 aliphatic rings. The Morgan fingerprint density at radius 1 is 0.541 bits per heavy atom. The van der Waals surface area contributed by atoms with E-state index in [2.05, 4.69) is 111 Å². The molecule has 74 heavy (non-hydrogen) atoms. The van der Waals surface area contributed by atoms with Crippen LogP contribution < -0.4 is 5.32 Å². The number of carbonyl (C=O) groups is 2. The Morgan fingerprint density at radius 3 is 1.49 bits per heavy atom. The molecule has 6 N–H and O–H groups in total. The van der Waals surface area contributed by atoms with Gasteiger partial charge in [-0.05, 0) is 103 Å². The van der Waals surface area contributed by atoms with Gasteiger partial charge in [-0.1, -0.05) is 214 Å². The maximum Gasteiger partial charge on any atom is 0.306 e. The van der Waals surface area contributed by atoms with Crippen molar-refractivity contribution in [2.75, 3.05) is 13.2 Å². The first kappa shape index (κ1) is 68.6. The Bertz CT molecular complexity index is 1570. The minimum atomic E-state index is -1.63. The quantitative estimate of drug-likeness (QED) is 0.0195. The molecule has 0 aromatic heterocycles. The van der Waals surface area contributed by atoms with Crippen LogP contribution in [-0.2, 0) is 23.8 Å². The minimum Gasteiger partial charge on any atom is -0.454 e. The molecule has 1 aliphatic heterocycles. The standard InChI is InChI=1S/C63H107NO10/c1-4-7-10-13-16-19-22-24-26-27-28-29-30-31-32-35-38-41-44-47-50-56(67)62(71)64-54(55(66)49-46-43-40-37-34-21-18-15-12-9-6-3)53-72-63-61(60(70)59(69)57(52-65)73-63)74-58(68)51-48-45-42-39-36-33-25-23-20-17-14-11-8-5-2/h8,11,16-17,19-20,24-26,28-29,31-33,46,49,54-57,59-61,63,65-67,69-70H,4-7,9-10,12-15,18,21-23,27,30,34-45,47-48,50-53H2,1-3H3,(H,64,71)/b11-8+,19-16-,20-17+,26-24-,29-28-,32-31-,33-25+,49-46+. The van der Waals surface area contributed by atoms with Crippen LogP contribution in [0.3, 0.4) is 0 Å². The second-order valence-corrected chi connectivity index (χ2v) is 20.0. The van der Waals surface area contributed by atoms with Crippen LogP contribution >= 0.6 is 0 Å². The van der Waals surface area contributed by atoms with Crippen molar-refractivity contribution in [2.24, 2.45) is 0 Å². The molecule has 424 valence electrons. The monoisotopic (exact) mass is 1040 g/mol. The zero-order valence-corrected chi connectivity index (χ0v) is 46.7. The molecule has 0 aromatic rings. The number of aliphatic hydroxyl groups is 5. The normalized spacial score (nSPS) is 20.0. The first-order chi connectivity index (χ1) is 36.2. The molecule has 0 spiro atoms. The fourth-order valence-corrected chi connectivity index (χ4v) is 8.53. The number of esters is 1. The molecule has 1 amide bonds. The van der Waals surface area contributed by atoms with E-state index >= 15 is 0 Å². The van der Waals surface area contributed by atoms with E-state index in [0.717, 1.165) is 116 Å². The summed E-state index contributed by atoms with van der Waals surface area (Å²) in [6.07, 6.45) is 55.9. The van der Waals surface area contributed by atoms with Crippen LogP contribution in [0.4, 0.5) is 0 Å². The molecule has 1 heterocycles. The third-order valence-corrected chi connectivity index (χ3v) is 13.2. The fourth-order valence-electron chi connectivity index (χ4n) is 8.53. The molecule has 0 radical (unpaired) electrons. The summed E-state index contributed by atoms with van der Waals surface area (Å²) in [5.74, 6) is -1.24. The number of hydrogen-bond donors (Lipinski definition) is 6. The predicted molar refractivity (Wildman–Crippen MR) is 305 cm³/mol. The maximum absolute atomic E-state index is 13.4. The molecule has 0 aliphatic carbocycles. The van der Waals surface area contributed by atoms with E-state index in [1.807, 2.05) is 6.08 Å². The van der Waals surface area contributed by atoms with Crippen LogP contribution in [-0.4, -0.2) is 99.6 Å². The van der Waals surface area contributed by atoms with Gasteiger partial charge in [0.1, 0.15) is 24.4 Å². The van der Waals surface area contributed by atoms with Gasteiger partial charge in [0, 0.05) is 6.42 Å². The molecule has 8 unspecified atom stereocenters. The van der Waals surface area contributed by atoms with Gasteiger partial charge in [0.15, 0.2) is 12.4 Å². The Balaban J connectivity index is 2.73. The molecule has 0 aromatic carbocycles. The van der Waals surface area contributed by atoms with E-state index in [0.29, 0.717) is 12.8 Å². The predicted octanol–water partition coefficient (Wildman–Crippen LogP) is 13.6. The minimum absolute atomic E-state index is 0.0903. The number of carbonyl (C=O) groups excluding carboxylic acids is 2. The maximum atomic E-state index is 13.4. The van der Waals surface area contributed by atoms with Crippen molar-refractivity contribution < 1.29 is 49.3 Å². The van der Waals surface area contributed by atoms with E-state index in [1.54, 1.807) is 6.08 Å². The van der Waals surface area contributed by atoms with E-state index < -0.39 is 67.4 Å². The summed E-state index contributed by atoms with van der Waals surface area (Å²) < 4.78 is 17.5. The average molecular weight is 1040 g/mol. The van der Waals surface area contributed by atoms with Gasteiger partial charge in [-0.3, -0.25) is 9.59 Å². The van der Waals surface area contributed by atoms with Crippen LogP contribution in [0.2, 0.25) is 0 Å². The number of nitrogens with one attached hydrogen (secondary N) is 1. The Morgan fingerprint density at radius 2 is 0.973 bits per heavy atom. The molecular weight excluding hydrogens is 931 g/mol. The summed E-state index contributed by atoms with van der Waals surface area (Å²) in [4.78, 5) is 26.5. The van der Waals surface area contributed by atoms with Crippen molar-refractivity contribution in [3.8, 4) is 0 Å². The molecular formula is C63H107NO10. The largest absolute Gasteiger partial charge is 0.454 e. The summed E-state index contributed by atoms with van der Waals surface area (Å²) in [6, 6.07) is -1.04. The highest BCUT2D eigenvalue weighted by Gasteiger charge is 2.47. The number of ether oxygens (including phenoxy) is 3. The van der Waals surface area contributed by atoms with Gasteiger partial charge in [-0.25, -0.2) is 0 Å². The second kappa shape index (κ2) is 50.4. The average Bonchev–Trinajstić information content (AvgIpc) is 3.40. The van der Waals surface area contributed by atoms with Gasteiger partial charge in [0.25, 0.3) is 0 Å². The lowest BCUT2D eigenvalue weighted by atomic mass is 9.99. The zero-order valence-electron chi connectivity index (χ0n) is 46.7. The zero-order chi connectivity index (χ0) is 54.0. The van der Waals surface area contributed by atoms with Gasteiger partial charge in [0.05, 0.1) is 25.4 Å². The van der Waals surface area contributed by atoms with Gasteiger partial charge in [-0.15, -0.1) is 0 Å². The van der Waals surface area contributed by atoms with E-state index in [9.17, 15) is 35.1 Å². The number of hydrogen-bond acceptors (Lipinski definition) is 10. The number of unbranched alkanes of at least 4 members (excludes halogenated alkanes) is 20. The second-order valence-electron chi connectivity index (χ2n) is 20.0. The third-order valence-electron chi connectivity index (χ3n) is 13.2. The molecule has 11 heteroatoms. The Kier molecular flexibility index (Phi) is 46.7. The number of amides is 1. The highest BCUT2D eigenvalue weighted by atomic mass is 16.7. The summed E-state index contributed by atoms with van der Waals surface area (Å²) >= 11 is 0. The van der Waals surface area contributed by atoms with Crippen LogP contribution in [0, 0.1) is 0 Å². The van der Waals surface area contributed by atoms with Gasteiger partial charge in [0.2, 0.25) is 5.91 Å². The fraction of sp³-hybridized carbons (Fsp3) is 0.714. The van der Waals surface area contributed by atoms with Crippen LogP contribution in [0.25, 0.3) is 0 Å². The third kappa shape index (κ3) is 38.2. The molecule has 1 saturated heterocycles.